The van der Waals surface area contributed by atoms with E-state index in [2.05, 4.69) is 0 Å². The van der Waals surface area contributed by atoms with Gasteiger partial charge in [0, 0.05) is 110 Å². The van der Waals surface area contributed by atoms with Crippen LogP contribution in [0.2, 0.25) is 0 Å². The summed E-state index contributed by atoms with van der Waals surface area (Å²) >= 11 is 0. The minimum Gasteiger partial charge on any atom is -0.452 e. The van der Waals surface area contributed by atoms with Gasteiger partial charge < -0.3 is 41.5 Å². The fourth-order valence-electron chi connectivity index (χ4n) is 17.5. The minimum atomic E-state index is -1.38. The quantitative estimate of drug-likeness (QED) is 0.149. The zero-order valence-electron chi connectivity index (χ0n) is 97.1. The van der Waals surface area contributed by atoms with Crippen molar-refractivity contribution in [1.82, 2.24) is 22.8 Å². The van der Waals surface area contributed by atoms with Crippen LogP contribution in [0.5, 0.6) is 0 Å². The van der Waals surface area contributed by atoms with E-state index in [1.54, 1.807) is 107 Å². The number of anilines is 6. The Hall–Kier alpha value is -15.0. The highest BCUT2D eigenvalue weighted by atomic mass is 16.3. The Morgan fingerprint density at radius 3 is 0.723 bits per heavy atom. The molecule has 0 aliphatic carbocycles. The van der Waals surface area contributed by atoms with Gasteiger partial charge in [0.05, 0.1) is 138 Å². The molecule has 17 aromatic carbocycles. The summed E-state index contributed by atoms with van der Waals surface area (Å²) in [5, 5.41) is -2.42. The van der Waals surface area contributed by atoms with Crippen LogP contribution in [0.15, 0.2) is 372 Å². The maximum absolute atomic E-state index is 10.2. The summed E-state index contributed by atoms with van der Waals surface area (Å²) in [4.78, 5) is 3.32. The summed E-state index contributed by atoms with van der Waals surface area (Å²) < 4.78 is 401. The molecule has 112 heavy (non-hydrogen) atoms. The van der Waals surface area contributed by atoms with Gasteiger partial charge in [-0.25, -0.2) is 0 Å². The summed E-state index contributed by atoms with van der Waals surface area (Å²) in [5.41, 5.74) is -3.88. The second-order valence-corrected chi connectivity index (χ2v) is 27.2. The molecule has 0 bridgehead atoms. The molecule has 0 N–H and O–H groups in total. The van der Waals surface area contributed by atoms with Crippen molar-refractivity contribution in [2.75, 3.05) is 9.80 Å². The molecule has 2 aliphatic heterocycles. The molecule has 0 atom stereocenters. The standard InChI is InChI=1S/C102H60BN7O2/c1-11-39-80-64(25-1)65-26-2-12-40-81(65)104(80)61-53-55-78-94(57-61)109(92-51-23-37-76-74-35-21-49-90(99(74)111-101(76)92)107-86-45-17-7-31-70(86)71-32-8-18-46-87(71)107)96-59-63(106-84-43-15-5-29-68(84)69-30-6-16-44-85(69)106)60-97-98(96)103(78)79-56-54-62(105-82-41-13-3-27-66(82)67-28-4-14-42-83(67)105)58-95(79)110(97)93-52-24-38-77-75-36-22-50-91(100(75)112-102(77)93)108-88-47-19-9-33-72(88)73-34-10-20-48-89(73)108/h1-60H/i1D,2D,3D,4D,5D,6D,7D,8D,9D,10D,11D,12D,13D,14D,15D,16D,17D,18D,19D,20D,25D,26D,27D,28D,29D,30D,31D,32D,33D,34D,39D,40D,41D,42D,43D,44D,45D,46D,47D,48D. The van der Waals surface area contributed by atoms with Gasteiger partial charge in [-0.3, -0.25) is 0 Å². The second-order valence-electron chi connectivity index (χ2n) is 27.2. The van der Waals surface area contributed by atoms with Gasteiger partial charge in [0.25, 0.3) is 6.71 Å². The summed E-state index contributed by atoms with van der Waals surface area (Å²) in [6, 6.07) is 1.95. The lowest BCUT2D eigenvalue weighted by Crippen LogP contribution is -2.61. The average Bonchev–Trinajstić information content (AvgIpc) is 1.16. The van der Waals surface area contributed by atoms with Gasteiger partial charge in [-0.1, -0.05) is 242 Å². The molecule has 0 saturated heterocycles. The Balaban J connectivity index is 0.874. The van der Waals surface area contributed by atoms with Crippen LogP contribution in [0, 0.1) is 0 Å². The first-order valence-electron chi connectivity index (χ1n) is 55.2. The number of para-hydroxylation sites is 14. The van der Waals surface area contributed by atoms with E-state index >= 15 is 0 Å². The molecule has 0 saturated carbocycles. The van der Waals surface area contributed by atoms with Crippen LogP contribution in [0.3, 0.4) is 0 Å². The molecular weight excluding hydrogens is 1370 g/mol. The summed E-state index contributed by atoms with van der Waals surface area (Å²) in [7, 11) is 0. The van der Waals surface area contributed by atoms with E-state index in [0.29, 0.717) is 0 Å². The van der Waals surface area contributed by atoms with Crippen molar-refractivity contribution in [1.29, 1.82) is 0 Å². The third kappa shape index (κ3) is 7.95. The number of fused-ring (bicyclic) bond motifs is 25. The molecule has 2 aliphatic rings. The number of benzene rings is 17. The van der Waals surface area contributed by atoms with Crippen LogP contribution in [-0.4, -0.2) is 29.5 Å². The van der Waals surface area contributed by atoms with Crippen LogP contribution in [0.4, 0.5) is 34.1 Å². The molecule has 26 rings (SSSR count). The van der Waals surface area contributed by atoms with Crippen LogP contribution in [-0.2, 0) is 0 Å². The van der Waals surface area contributed by atoms with Crippen molar-refractivity contribution >= 4 is 210 Å². The van der Waals surface area contributed by atoms with Crippen molar-refractivity contribution in [3.63, 3.8) is 0 Å². The first-order chi connectivity index (χ1) is 72.2. The van der Waals surface area contributed by atoms with E-state index in [1.165, 1.54) is 47.1 Å². The maximum Gasteiger partial charge on any atom is 0.252 e. The first-order valence-corrected chi connectivity index (χ1v) is 35.2. The molecule has 9 heterocycles. The van der Waals surface area contributed by atoms with E-state index < -0.39 is 270 Å². The number of furan rings is 2. The Bertz CT molecular complexity index is 9960. The molecular formula is C102H60BN7O2. The van der Waals surface area contributed by atoms with Crippen molar-refractivity contribution in [2.24, 2.45) is 0 Å². The number of rotatable bonds is 7. The average molecular weight is 1470 g/mol. The molecule has 0 fully saturated rings. The van der Waals surface area contributed by atoms with E-state index in [-0.39, 0.29) is 210 Å². The second kappa shape index (κ2) is 22.3. The Kier molecular flexibility index (Phi) is 6.79. The van der Waals surface area contributed by atoms with Gasteiger partial charge in [-0.2, -0.15) is 0 Å². The number of hydrogen-bond acceptors (Lipinski definition) is 4. The molecule has 0 amide bonds. The molecule has 0 spiro atoms. The van der Waals surface area contributed by atoms with Crippen LogP contribution in [0.25, 0.3) is 181 Å². The van der Waals surface area contributed by atoms with Crippen molar-refractivity contribution < 1.29 is 63.7 Å². The smallest absolute Gasteiger partial charge is 0.252 e. The van der Waals surface area contributed by atoms with Gasteiger partial charge in [-0.15, -0.1) is 0 Å². The fourth-order valence-corrected chi connectivity index (χ4v) is 17.5. The maximum atomic E-state index is 10.2. The van der Waals surface area contributed by atoms with E-state index in [0.717, 1.165) is 0 Å². The lowest BCUT2D eigenvalue weighted by molar-refractivity contribution is 0.666. The normalized spacial score (nSPS) is 17.9. The van der Waals surface area contributed by atoms with Crippen LogP contribution >= 0.6 is 0 Å². The Morgan fingerprint density at radius 2 is 0.438 bits per heavy atom. The predicted molar refractivity (Wildman–Crippen MR) is 467 cm³/mol. The van der Waals surface area contributed by atoms with Gasteiger partial charge in [-0.05, 0) is 137 Å². The highest BCUT2D eigenvalue weighted by Gasteiger charge is 2.46. The van der Waals surface area contributed by atoms with Crippen molar-refractivity contribution in [3.05, 3.63) is 363 Å². The lowest BCUT2D eigenvalue weighted by Gasteiger charge is -2.44. The van der Waals surface area contributed by atoms with Crippen LogP contribution < -0.4 is 26.2 Å². The number of aromatic nitrogens is 5. The Morgan fingerprint density at radius 1 is 0.205 bits per heavy atom. The van der Waals surface area contributed by atoms with Crippen molar-refractivity contribution in [3.8, 4) is 28.4 Å². The van der Waals surface area contributed by atoms with Gasteiger partial charge in [0.1, 0.15) is 0 Å². The van der Waals surface area contributed by atoms with Crippen LogP contribution in [0.1, 0.15) is 54.8 Å². The first kappa shape index (κ1) is 34.1. The summed E-state index contributed by atoms with van der Waals surface area (Å²) in [6.07, 6.45) is 0. The molecule has 9 nitrogen and oxygen atoms in total. The van der Waals surface area contributed by atoms with Gasteiger partial charge in [0.2, 0.25) is 0 Å². The predicted octanol–water partition coefficient (Wildman–Crippen LogP) is 25.1. The number of hydrogen-bond donors (Lipinski definition) is 0. The van der Waals surface area contributed by atoms with E-state index in [1.807, 2.05) is 0 Å². The zero-order valence-corrected chi connectivity index (χ0v) is 57.1. The molecule has 0 unspecified atom stereocenters. The Labute approximate surface area is 696 Å². The monoisotopic (exact) mass is 1470 g/mol. The highest BCUT2D eigenvalue weighted by molar-refractivity contribution is 7.00. The van der Waals surface area contributed by atoms with E-state index in [9.17, 15) is 38.4 Å². The lowest BCUT2D eigenvalue weighted by atomic mass is 9.33. The molecule has 24 aromatic rings. The third-order valence-electron chi connectivity index (χ3n) is 21.9. The topological polar surface area (TPSA) is 57.4 Å². The highest BCUT2D eigenvalue weighted by Crippen LogP contribution is 2.53. The number of nitrogens with zero attached hydrogens (tertiary/aromatic N) is 7. The van der Waals surface area contributed by atoms with Gasteiger partial charge >= 0.3 is 0 Å². The fraction of sp³-hybridized carbons (Fsp3) is 0. The summed E-state index contributed by atoms with van der Waals surface area (Å²) in [5.74, 6) is 0. The minimum absolute atomic E-state index is 0.0103. The molecule has 518 valence electrons. The van der Waals surface area contributed by atoms with Gasteiger partial charge in [0.15, 0.2) is 22.3 Å². The molecule has 10 heteroatoms. The SMILES string of the molecule is [2H]c1c([2H])c([2H])c2c(c1[2H])c1c([2H])c([2H])c([2H])c([2H])c1n2-c1ccc2c(c1)N(c1cccc3c1oc1c(-n4c5c([2H])c([2H])c([2H])c([2H])c5c5c([2H])c([2H])c([2H])c([2H])c54)cccc13)c1cc(-n3c4c([2H])c([2H])c([2H])c([2H])c4c4c([2H])c([2H])c([2H])c([2H])c43)cc3c1B2c1ccc(-n2c4c([2H])c([2H])c([2H])c([2H])c4c4c([2H])c([2H])c([2H])c([2H])c42)cc1N3c1cccc2c1oc1c(-n3c4c([2H])c([2H])c([2H])c([2H])c4c4c([2H])c([2H])c([2H])c([2H])c43)cccc12. The zero-order chi connectivity index (χ0) is 108. The molecule has 7 aromatic heterocycles. The largest absolute Gasteiger partial charge is 0.452 e. The van der Waals surface area contributed by atoms with Crippen molar-refractivity contribution in [2.45, 2.75) is 0 Å². The summed E-state index contributed by atoms with van der Waals surface area (Å²) in [6.45, 7) is -1.38. The molecule has 0 radical (unpaired) electrons. The third-order valence-corrected chi connectivity index (χ3v) is 21.9. The van der Waals surface area contributed by atoms with E-state index in [4.69, 9.17) is 25.3 Å².